The van der Waals surface area contributed by atoms with Crippen LogP contribution in [0.5, 0.6) is 0 Å². The van der Waals surface area contributed by atoms with Crippen molar-refractivity contribution in [2.24, 2.45) is 0 Å². The minimum Gasteiger partial charge on any atom is -0.237 e. The van der Waals surface area contributed by atoms with Gasteiger partial charge in [0.2, 0.25) is 0 Å². The molecular formula is C8H6BrFIN2P. The minimum atomic E-state index is -0.194. The Morgan fingerprint density at radius 1 is 1.64 bits per heavy atom. The first-order valence-electron chi connectivity index (χ1n) is 3.84. The van der Waals surface area contributed by atoms with Crippen LogP contribution in [0.1, 0.15) is 5.56 Å². The van der Waals surface area contributed by atoms with Gasteiger partial charge >= 0.3 is 0 Å². The zero-order valence-electron chi connectivity index (χ0n) is 7.18. The van der Waals surface area contributed by atoms with Gasteiger partial charge in [-0.15, -0.1) is 0 Å². The fourth-order valence-electron chi connectivity index (χ4n) is 1.27. The molecule has 0 N–H and O–H groups in total. The van der Waals surface area contributed by atoms with Crippen molar-refractivity contribution in [2.75, 3.05) is 0 Å². The molecule has 74 valence electrons. The van der Waals surface area contributed by atoms with Gasteiger partial charge in [0.15, 0.2) is 0 Å². The molecule has 0 aliphatic heterocycles. The Bertz CT molecular complexity index is 500. The van der Waals surface area contributed by atoms with E-state index < -0.39 is 0 Å². The molecule has 1 aromatic heterocycles. The van der Waals surface area contributed by atoms with Crippen LogP contribution in [-0.2, 0) is 0 Å². The van der Waals surface area contributed by atoms with Crippen LogP contribution >= 0.6 is 44.3 Å². The van der Waals surface area contributed by atoms with Crippen molar-refractivity contribution in [1.29, 1.82) is 0 Å². The van der Waals surface area contributed by atoms with Gasteiger partial charge in [0.25, 0.3) is 0 Å². The van der Waals surface area contributed by atoms with Gasteiger partial charge in [0, 0.05) is 15.9 Å². The second-order valence-electron chi connectivity index (χ2n) is 2.87. The highest BCUT2D eigenvalue weighted by Gasteiger charge is 2.11. The first-order valence-corrected chi connectivity index (χ1v) is 8.69. The summed E-state index contributed by atoms with van der Waals surface area (Å²) in [7, 11) is 0. The lowest BCUT2D eigenvalue weighted by molar-refractivity contribution is 0.619. The van der Waals surface area contributed by atoms with E-state index in [-0.39, 0.29) is 5.82 Å². The van der Waals surface area contributed by atoms with Gasteiger partial charge in [-0.25, -0.2) is 8.84 Å². The molecule has 1 unspecified atom stereocenters. The number of fused-ring (bicyclic) bond motifs is 1. The Morgan fingerprint density at radius 3 is 3.00 bits per heavy atom. The van der Waals surface area contributed by atoms with Gasteiger partial charge in [0.1, 0.15) is 5.82 Å². The largest absolute Gasteiger partial charge is 0.237 e. The van der Waals surface area contributed by atoms with Crippen molar-refractivity contribution in [2.45, 2.75) is 6.92 Å². The second kappa shape index (κ2) is 4.02. The van der Waals surface area contributed by atoms with Crippen LogP contribution in [0.25, 0.3) is 10.9 Å². The van der Waals surface area contributed by atoms with Crippen LogP contribution < -0.4 is 0 Å². The summed E-state index contributed by atoms with van der Waals surface area (Å²) in [5, 5.41) is 5.15. The SMILES string of the molecule is Cc1c(F)cc2c(cnn2PI)c1Br. The quantitative estimate of drug-likeness (QED) is 0.534. The standard InChI is InChI=1S/C8H6BrFIN2P/c1-4-6(10)2-7-5(8(4)9)3-12-13(7)14-11/h2-3,14H,1H3. The molecule has 0 saturated heterocycles. The highest BCUT2D eigenvalue weighted by atomic mass is 127. The highest BCUT2D eigenvalue weighted by molar-refractivity contribution is 14.2. The van der Waals surface area contributed by atoms with Gasteiger partial charge in [-0.2, -0.15) is 5.10 Å². The summed E-state index contributed by atoms with van der Waals surface area (Å²) < 4.78 is 16.0. The van der Waals surface area contributed by atoms with Gasteiger partial charge in [-0.3, -0.25) is 0 Å². The topological polar surface area (TPSA) is 17.8 Å². The fraction of sp³-hybridized carbons (Fsp3) is 0.125. The van der Waals surface area contributed by atoms with Crippen LogP contribution in [0.15, 0.2) is 16.7 Å². The Morgan fingerprint density at radius 2 is 2.36 bits per heavy atom. The van der Waals surface area contributed by atoms with Crippen molar-refractivity contribution in [1.82, 2.24) is 9.55 Å². The third kappa shape index (κ3) is 1.59. The lowest BCUT2D eigenvalue weighted by atomic mass is 10.2. The zero-order valence-corrected chi connectivity index (χ0v) is 11.9. The van der Waals surface area contributed by atoms with E-state index in [1.165, 1.54) is 6.07 Å². The van der Waals surface area contributed by atoms with Crippen molar-refractivity contribution in [3.63, 3.8) is 0 Å². The molecule has 0 saturated carbocycles. The van der Waals surface area contributed by atoms with E-state index in [1.807, 2.05) is 0 Å². The van der Waals surface area contributed by atoms with Gasteiger partial charge in [0.05, 0.1) is 18.1 Å². The molecule has 0 bridgehead atoms. The van der Waals surface area contributed by atoms with Crippen LogP contribution in [0.4, 0.5) is 4.39 Å². The van der Waals surface area contributed by atoms with Crippen molar-refractivity contribution in [3.8, 4) is 0 Å². The molecule has 0 spiro atoms. The van der Waals surface area contributed by atoms with E-state index in [2.05, 4.69) is 43.1 Å². The number of rotatable bonds is 1. The molecule has 2 nitrogen and oxygen atoms in total. The molecule has 14 heavy (non-hydrogen) atoms. The van der Waals surface area contributed by atoms with E-state index in [0.29, 0.717) is 11.9 Å². The van der Waals surface area contributed by atoms with E-state index in [4.69, 9.17) is 0 Å². The third-order valence-electron chi connectivity index (χ3n) is 2.07. The Labute approximate surface area is 104 Å². The number of hydrogen-bond donors (Lipinski definition) is 0. The molecule has 0 aliphatic rings. The summed E-state index contributed by atoms with van der Waals surface area (Å²) in [6.07, 6.45) is 2.25. The smallest absolute Gasteiger partial charge is 0.129 e. The zero-order chi connectivity index (χ0) is 10.3. The predicted octanol–water partition coefficient (Wildman–Crippen LogP) is 4.04. The molecule has 0 radical (unpaired) electrons. The molecule has 0 amide bonds. The summed E-state index contributed by atoms with van der Waals surface area (Å²) >= 11 is 5.60. The number of hydrogen-bond acceptors (Lipinski definition) is 1. The van der Waals surface area contributed by atoms with Crippen LogP contribution in [0.2, 0.25) is 0 Å². The first kappa shape index (κ1) is 10.8. The predicted molar refractivity (Wildman–Crippen MR) is 69.9 cm³/mol. The fourth-order valence-corrected chi connectivity index (χ4v) is 3.29. The molecule has 6 heteroatoms. The minimum absolute atomic E-state index is 0.194. The van der Waals surface area contributed by atoms with Crippen molar-refractivity contribution >= 4 is 55.2 Å². The summed E-state index contributed by atoms with van der Waals surface area (Å²) in [6.45, 7) is 1.75. The number of benzene rings is 1. The summed E-state index contributed by atoms with van der Waals surface area (Å²) in [5.74, 6) is -0.194. The monoisotopic (exact) mass is 386 g/mol. The maximum atomic E-state index is 13.4. The number of nitrogens with zero attached hydrogens (tertiary/aromatic N) is 2. The second-order valence-corrected chi connectivity index (χ2v) is 5.70. The molecule has 1 heterocycles. The molecule has 2 aromatic rings. The van der Waals surface area contributed by atoms with Gasteiger partial charge < -0.3 is 0 Å². The van der Waals surface area contributed by atoms with Gasteiger partial charge in [-0.05, 0) is 50.5 Å². The molecule has 1 aromatic carbocycles. The Balaban J connectivity index is 2.86. The van der Waals surface area contributed by atoms with E-state index in [0.717, 1.165) is 15.4 Å². The Kier molecular flexibility index (Phi) is 3.09. The first-order chi connectivity index (χ1) is 6.65. The molecule has 0 aliphatic carbocycles. The number of aromatic nitrogens is 2. The maximum absolute atomic E-state index is 13.4. The van der Waals surface area contributed by atoms with Crippen molar-refractivity contribution in [3.05, 3.63) is 28.1 Å². The summed E-state index contributed by atoms with van der Waals surface area (Å²) in [6, 6.07) is 1.54. The average Bonchev–Trinajstić information content (AvgIpc) is 2.57. The lowest BCUT2D eigenvalue weighted by Crippen LogP contribution is -1.87. The molecular weight excluding hydrogens is 381 g/mol. The maximum Gasteiger partial charge on any atom is 0.129 e. The molecule has 1 atom stereocenters. The summed E-state index contributed by atoms with van der Waals surface area (Å²) in [5.41, 5.74) is 1.47. The Hall–Kier alpha value is 0.260. The molecule has 0 fully saturated rings. The average molecular weight is 387 g/mol. The van der Waals surface area contributed by atoms with E-state index >= 15 is 0 Å². The van der Waals surface area contributed by atoms with Crippen LogP contribution in [0.3, 0.4) is 0 Å². The molecule has 2 rings (SSSR count). The lowest BCUT2D eigenvalue weighted by Gasteiger charge is -2.02. The van der Waals surface area contributed by atoms with E-state index in [9.17, 15) is 4.39 Å². The van der Waals surface area contributed by atoms with E-state index in [1.54, 1.807) is 17.6 Å². The highest BCUT2D eigenvalue weighted by Crippen LogP contribution is 2.34. The van der Waals surface area contributed by atoms with Crippen LogP contribution in [0, 0.1) is 12.7 Å². The summed E-state index contributed by atoms with van der Waals surface area (Å²) in [4.78, 5) is 0. The van der Waals surface area contributed by atoms with Gasteiger partial charge in [-0.1, -0.05) is 0 Å². The third-order valence-corrected chi connectivity index (χ3v) is 4.98. The normalized spacial score (nSPS) is 12.0. The number of halogens is 3. The van der Waals surface area contributed by atoms with Crippen LogP contribution in [-0.4, -0.2) is 9.55 Å². The van der Waals surface area contributed by atoms with Crippen molar-refractivity contribution < 1.29 is 4.39 Å².